The Hall–Kier alpha value is -0.880. The van der Waals surface area contributed by atoms with Gasteiger partial charge < -0.3 is 4.90 Å². The fourth-order valence-corrected chi connectivity index (χ4v) is 5.71. The molecular formula is C15H23NO3S2. The molecule has 1 amide bonds. The maximum absolute atomic E-state index is 12.4. The number of carbonyl (C=O) groups excluding carboxylic acids is 1. The summed E-state index contributed by atoms with van der Waals surface area (Å²) in [5.74, 6) is 0.302. The number of amides is 1. The van der Waals surface area contributed by atoms with Gasteiger partial charge in [-0.3, -0.25) is 4.79 Å². The lowest BCUT2D eigenvalue weighted by molar-refractivity contribution is 0.0732. The molecule has 1 fully saturated rings. The Morgan fingerprint density at radius 3 is 2.76 bits per heavy atom. The molecule has 0 aliphatic carbocycles. The quantitative estimate of drug-likeness (QED) is 0.853. The zero-order valence-corrected chi connectivity index (χ0v) is 14.5. The Morgan fingerprint density at radius 1 is 1.48 bits per heavy atom. The van der Waals surface area contributed by atoms with Crippen molar-refractivity contribution in [3.63, 3.8) is 0 Å². The Bertz CT molecular complexity index is 604. The van der Waals surface area contributed by atoms with E-state index < -0.39 is 15.1 Å². The first kappa shape index (κ1) is 16.5. The molecule has 0 saturated carbocycles. The monoisotopic (exact) mass is 329 g/mol. The molecule has 1 aliphatic rings. The SMILES string of the molecule is Cc1csc(C(=O)N2CCC[C@H](S(=O)(=O)CC(C)C)C2)c1. The van der Waals surface area contributed by atoms with E-state index in [2.05, 4.69) is 0 Å². The Kier molecular flexibility index (Phi) is 5.09. The third-order valence-corrected chi connectivity index (χ3v) is 7.25. The molecule has 2 rings (SSSR count). The van der Waals surface area contributed by atoms with Crippen molar-refractivity contribution in [3.8, 4) is 0 Å². The van der Waals surface area contributed by atoms with Crippen LogP contribution in [0.3, 0.4) is 0 Å². The third-order valence-electron chi connectivity index (χ3n) is 3.68. The number of hydrogen-bond donors (Lipinski definition) is 0. The summed E-state index contributed by atoms with van der Waals surface area (Å²) in [6, 6.07) is 1.87. The van der Waals surface area contributed by atoms with Gasteiger partial charge in [-0.05, 0) is 42.7 Å². The minimum atomic E-state index is -3.12. The molecule has 0 N–H and O–H groups in total. The van der Waals surface area contributed by atoms with Gasteiger partial charge in [0.2, 0.25) is 0 Å². The molecule has 21 heavy (non-hydrogen) atoms. The molecule has 1 saturated heterocycles. The molecule has 1 aliphatic heterocycles. The van der Waals surface area contributed by atoms with Gasteiger partial charge in [0.15, 0.2) is 9.84 Å². The third kappa shape index (κ3) is 4.07. The number of nitrogens with zero attached hydrogens (tertiary/aromatic N) is 1. The number of sulfone groups is 1. The van der Waals surface area contributed by atoms with E-state index in [0.717, 1.165) is 12.0 Å². The van der Waals surface area contributed by atoms with Gasteiger partial charge in [0.1, 0.15) is 0 Å². The van der Waals surface area contributed by atoms with E-state index >= 15 is 0 Å². The zero-order valence-electron chi connectivity index (χ0n) is 12.8. The highest BCUT2D eigenvalue weighted by Gasteiger charge is 2.33. The number of carbonyl (C=O) groups is 1. The van der Waals surface area contributed by atoms with Crippen molar-refractivity contribution in [2.24, 2.45) is 5.92 Å². The van der Waals surface area contributed by atoms with Gasteiger partial charge in [0.05, 0.1) is 15.9 Å². The van der Waals surface area contributed by atoms with E-state index in [1.54, 1.807) is 4.90 Å². The number of thiophene rings is 1. The van der Waals surface area contributed by atoms with E-state index in [-0.39, 0.29) is 17.6 Å². The van der Waals surface area contributed by atoms with Gasteiger partial charge in [-0.25, -0.2) is 8.42 Å². The summed E-state index contributed by atoms with van der Waals surface area (Å²) >= 11 is 1.43. The summed E-state index contributed by atoms with van der Waals surface area (Å²) in [5.41, 5.74) is 1.07. The van der Waals surface area contributed by atoms with Gasteiger partial charge in [-0.1, -0.05) is 13.8 Å². The molecule has 0 spiro atoms. The first-order chi connectivity index (χ1) is 9.79. The Morgan fingerprint density at radius 2 is 2.19 bits per heavy atom. The zero-order chi connectivity index (χ0) is 15.6. The maximum atomic E-state index is 12.4. The van der Waals surface area contributed by atoms with Crippen molar-refractivity contribution in [1.29, 1.82) is 0 Å². The van der Waals surface area contributed by atoms with Gasteiger partial charge in [-0.2, -0.15) is 0 Å². The molecule has 0 bridgehead atoms. The highest BCUT2D eigenvalue weighted by atomic mass is 32.2. The van der Waals surface area contributed by atoms with Crippen LogP contribution in [0.1, 0.15) is 41.9 Å². The number of likely N-dealkylation sites (tertiary alicyclic amines) is 1. The minimum Gasteiger partial charge on any atom is -0.337 e. The van der Waals surface area contributed by atoms with Crippen LogP contribution in [0, 0.1) is 12.8 Å². The molecule has 0 radical (unpaired) electrons. The van der Waals surface area contributed by atoms with Crippen molar-refractivity contribution >= 4 is 27.1 Å². The molecule has 1 atom stereocenters. The van der Waals surface area contributed by atoms with E-state index in [4.69, 9.17) is 0 Å². The van der Waals surface area contributed by atoms with Crippen LogP contribution in [-0.2, 0) is 9.84 Å². The lowest BCUT2D eigenvalue weighted by Gasteiger charge is -2.32. The molecule has 2 heterocycles. The van der Waals surface area contributed by atoms with Gasteiger partial charge >= 0.3 is 0 Å². The van der Waals surface area contributed by atoms with Crippen LogP contribution in [0.5, 0.6) is 0 Å². The van der Waals surface area contributed by atoms with Gasteiger partial charge in [-0.15, -0.1) is 11.3 Å². The molecule has 0 aromatic carbocycles. The van der Waals surface area contributed by atoms with Crippen molar-refractivity contribution in [3.05, 3.63) is 21.9 Å². The predicted molar refractivity (Wildman–Crippen MR) is 86.6 cm³/mol. The summed E-state index contributed by atoms with van der Waals surface area (Å²) in [7, 11) is -3.12. The van der Waals surface area contributed by atoms with Gasteiger partial charge in [0.25, 0.3) is 5.91 Å². The van der Waals surface area contributed by atoms with Crippen LogP contribution >= 0.6 is 11.3 Å². The molecule has 1 aromatic heterocycles. The highest BCUT2D eigenvalue weighted by Crippen LogP contribution is 2.23. The smallest absolute Gasteiger partial charge is 0.263 e. The number of aryl methyl sites for hydroxylation is 1. The second-order valence-electron chi connectivity index (χ2n) is 6.23. The Balaban J connectivity index is 2.09. The summed E-state index contributed by atoms with van der Waals surface area (Å²) in [6.45, 7) is 6.78. The lowest BCUT2D eigenvalue weighted by Crippen LogP contribution is -2.46. The second-order valence-corrected chi connectivity index (χ2v) is 9.46. The average Bonchev–Trinajstić information content (AvgIpc) is 2.83. The minimum absolute atomic E-state index is 0.0300. The number of hydrogen-bond acceptors (Lipinski definition) is 4. The van der Waals surface area contributed by atoms with Crippen LogP contribution in [0.15, 0.2) is 11.4 Å². The highest BCUT2D eigenvalue weighted by molar-refractivity contribution is 7.92. The molecule has 118 valence electrons. The fourth-order valence-electron chi connectivity index (χ4n) is 2.72. The molecular weight excluding hydrogens is 306 g/mol. The van der Waals surface area contributed by atoms with Crippen molar-refractivity contribution < 1.29 is 13.2 Å². The molecule has 1 aromatic rings. The molecule has 0 unspecified atom stereocenters. The lowest BCUT2D eigenvalue weighted by atomic mass is 10.1. The number of rotatable bonds is 4. The van der Waals surface area contributed by atoms with Crippen molar-refractivity contribution in [1.82, 2.24) is 4.90 Å². The molecule has 6 heteroatoms. The molecule has 4 nitrogen and oxygen atoms in total. The summed E-state index contributed by atoms with van der Waals surface area (Å²) in [5, 5.41) is 1.54. The van der Waals surface area contributed by atoms with Gasteiger partial charge in [0, 0.05) is 13.1 Å². The summed E-state index contributed by atoms with van der Waals surface area (Å²) < 4.78 is 24.7. The standard InChI is InChI=1S/C15H23NO3S2/c1-11(2)10-21(18,19)13-5-4-6-16(8-13)15(17)14-7-12(3)9-20-14/h7,9,11,13H,4-6,8,10H2,1-3H3/t13-/m0/s1. The van der Waals surface area contributed by atoms with E-state index in [1.807, 2.05) is 32.2 Å². The maximum Gasteiger partial charge on any atom is 0.263 e. The van der Waals surface area contributed by atoms with E-state index in [1.165, 1.54) is 11.3 Å². The summed E-state index contributed by atoms with van der Waals surface area (Å²) in [6.07, 6.45) is 1.43. The average molecular weight is 329 g/mol. The first-order valence-electron chi connectivity index (χ1n) is 7.35. The summed E-state index contributed by atoms with van der Waals surface area (Å²) in [4.78, 5) is 14.9. The van der Waals surface area contributed by atoms with Crippen LogP contribution in [0.25, 0.3) is 0 Å². The van der Waals surface area contributed by atoms with Crippen LogP contribution < -0.4 is 0 Å². The van der Waals surface area contributed by atoms with Crippen molar-refractivity contribution in [2.75, 3.05) is 18.8 Å². The number of piperidine rings is 1. The predicted octanol–water partition coefficient (Wildman–Crippen LogP) is 2.73. The van der Waals surface area contributed by atoms with Crippen LogP contribution in [-0.4, -0.2) is 43.3 Å². The van der Waals surface area contributed by atoms with Crippen molar-refractivity contribution in [2.45, 2.75) is 38.9 Å². The second kappa shape index (κ2) is 6.48. The first-order valence-corrected chi connectivity index (χ1v) is 9.95. The topological polar surface area (TPSA) is 54.5 Å². The Labute approximate surface area is 131 Å². The fraction of sp³-hybridized carbons (Fsp3) is 0.667. The van der Waals surface area contributed by atoms with Crippen LogP contribution in [0.4, 0.5) is 0 Å². The largest absolute Gasteiger partial charge is 0.337 e. The van der Waals surface area contributed by atoms with E-state index in [0.29, 0.717) is 24.4 Å². The normalized spacial score (nSPS) is 20.0. The van der Waals surface area contributed by atoms with Crippen LogP contribution in [0.2, 0.25) is 0 Å². The van der Waals surface area contributed by atoms with E-state index in [9.17, 15) is 13.2 Å².